The molecule has 0 bridgehead atoms. The van der Waals surface area contributed by atoms with Crippen LogP contribution in [0.25, 0.3) is 0 Å². The Morgan fingerprint density at radius 2 is 2.00 bits per heavy atom. The summed E-state index contributed by atoms with van der Waals surface area (Å²) in [5.41, 5.74) is 6.44. The van der Waals surface area contributed by atoms with E-state index in [-0.39, 0.29) is 6.04 Å². The normalized spacial score (nSPS) is 12.8. The van der Waals surface area contributed by atoms with Gasteiger partial charge in [0.15, 0.2) is 0 Å². The quantitative estimate of drug-likeness (QED) is 0.606. The fourth-order valence-corrected chi connectivity index (χ4v) is 2.72. The Balaban J connectivity index is 2.12. The Morgan fingerprint density at radius 1 is 1.24 bits per heavy atom. The number of nitrogens with one attached hydrogen (secondary N) is 1. The number of aryl methyl sites for hydroxylation is 1. The van der Waals surface area contributed by atoms with Gasteiger partial charge in [-0.1, -0.05) is 43.7 Å². The highest BCUT2D eigenvalue weighted by atomic mass is 15.3. The number of nitrogens with two attached hydrogens (primary N) is 1. The van der Waals surface area contributed by atoms with Gasteiger partial charge in [-0.05, 0) is 31.4 Å². The summed E-state index contributed by atoms with van der Waals surface area (Å²) in [5, 5.41) is 4.71. The van der Waals surface area contributed by atoms with Gasteiger partial charge in [0, 0.05) is 12.6 Å². The molecule has 1 heterocycles. The standard InChI is InChI=1S/C17H26N4/c1-4-16(5-2)21-10-9-15(20-21)12-17(19-18)14-8-6-7-13(3)11-14/h6-11,16-17,19H,4-5,12,18H2,1-3H3. The van der Waals surface area contributed by atoms with E-state index in [1.54, 1.807) is 0 Å². The predicted octanol–water partition coefficient (Wildman–Crippen LogP) is 3.30. The first kappa shape index (κ1) is 15.7. The first-order chi connectivity index (χ1) is 10.2. The van der Waals surface area contributed by atoms with Gasteiger partial charge < -0.3 is 0 Å². The maximum atomic E-state index is 5.74. The molecule has 4 nitrogen and oxygen atoms in total. The summed E-state index contributed by atoms with van der Waals surface area (Å²) in [5.74, 6) is 5.74. The zero-order valence-electron chi connectivity index (χ0n) is 13.2. The van der Waals surface area contributed by atoms with Crippen molar-refractivity contribution in [2.45, 2.75) is 52.1 Å². The molecular formula is C17H26N4. The van der Waals surface area contributed by atoms with E-state index >= 15 is 0 Å². The van der Waals surface area contributed by atoms with Crippen LogP contribution in [0.5, 0.6) is 0 Å². The van der Waals surface area contributed by atoms with Gasteiger partial charge in [0.2, 0.25) is 0 Å². The van der Waals surface area contributed by atoms with Crippen LogP contribution in [0.15, 0.2) is 36.5 Å². The number of hydrogen-bond acceptors (Lipinski definition) is 3. The van der Waals surface area contributed by atoms with Crippen molar-refractivity contribution >= 4 is 0 Å². The molecule has 0 aliphatic heterocycles. The van der Waals surface area contributed by atoms with Gasteiger partial charge in [-0.25, -0.2) is 0 Å². The van der Waals surface area contributed by atoms with Gasteiger partial charge in [-0.3, -0.25) is 16.0 Å². The van der Waals surface area contributed by atoms with Crippen molar-refractivity contribution in [3.8, 4) is 0 Å². The van der Waals surface area contributed by atoms with Crippen molar-refractivity contribution in [1.82, 2.24) is 15.2 Å². The number of nitrogens with zero attached hydrogens (tertiary/aromatic N) is 2. The van der Waals surface area contributed by atoms with Crippen LogP contribution in [0.4, 0.5) is 0 Å². The molecule has 1 aromatic carbocycles. The highest BCUT2D eigenvalue weighted by molar-refractivity contribution is 5.26. The molecule has 3 N–H and O–H groups in total. The molecule has 0 spiro atoms. The summed E-state index contributed by atoms with van der Waals surface area (Å²) >= 11 is 0. The minimum absolute atomic E-state index is 0.0925. The van der Waals surface area contributed by atoms with Gasteiger partial charge in [0.05, 0.1) is 17.8 Å². The highest BCUT2D eigenvalue weighted by Gasteiger charge is 2.14. The van der Waals surface area contributed by atoms with Crippen molar-refractivity contribution in [2.24, 2.45) is 5.84 Å². The maximum Gasteiger partial charge on any atom is 0.0644 e. The smallest absolute Gasteiger partial charge is 0.0644 e. The van der Waals surface area contributed by atoms with Crippen LogP contribution in [0, 0.1) is 6.92 Å². The maximum absolute atomic E-state index is 5.74. The third-order valence-corrected chi connectivity index (χ3v) is 4.04. The molecule has 0 aliphatic carbocycles. The zero-order valence-corrected chi connectivity index (χ0v) is 13.2. The number of aromatic nitrogens is 2. The Labute approximate surface area is 127 Å². The molecule has 0 amide bonds. The number of hydrogen-bond donors (Lipinski definition) is 2. The lowest BCUT2D eigenvalue weighted by molar-refractivity contribution is 0.422. The zero-order chi connectivity index (χ0) is 15.2. The fourth-order valence-electron chi connectivity index (χ4n) is 2.72. The molecule has 0 saturated heterocycles. The van der Waals surface area contributed by atoms with Crippen LogP contribution in [0.3, 0.4) is 0 Å². The molecule has 2 aromatic rings. The van der Waals surface area contributed by atoms with Gasteiger partial charge in [0.25, 0.3) is 0 Å². The minimum atomic E-state index is 0.0925. The van der Waals surface area contributed by atoms with Crippen molar-refractivity contribution in [3.63, 3.8) is 0 Å². The van der Waals surface area contributed by atoms with Crippen LogP contribution in [0.1, 0.15) is 55.6 Å². The first-order valence-corrected chi connectivity index (χ1v) is 7.74. The average Bonchev–Trinajstić information content (AvgIpc) is 2.94. The van der Waals surface area contributed by atoms with E-state index in [0.29, 0.717) is 6.04 Å². The van der Waals surface area contributed by atoms with E-state index in [1.807, 2.05) is 0 Å². The van der Waals surface area contributed by atoms with Crippen molar-refractivity contribution in [3.05, 3.63) is 53.3 Å². The Morgan fingerprint density at radius 3 is 2.62 bits per heavy atom. The number of rotatable bonds is 7. The van der Waals surface area contributed by atoms with Gasteiger partial charge >= 0.3 is 0 Å². The third-order valence-electron chi connectivity index (χ3n) is 4.04. The summed E-state index contributed by atoms with van der Waals surface area (Å²) < 4.78 is 2.08. The molecule has 114 valence electrons. The van der Waals surface area contributed by atoms with Gasteiger partial charge in [0.1, 0.15) is 0 Å². The van der Waals surface area contributed by atoms with E-state index in [1.165, 1.54) is 11.1 Å². The molecular weight excluding hydrogens is 260 g/mol. The summed E-state index contributed by atoms with van der Waals surface area (Å²) in [4.78, 5) is 0. The number of benzene rings is 1. The predicted molar refractivity (Wildman–Crippen MR) is 86.8 cm³/mol. The molecule has 2 rings (SSSR count). The topological polar surface area (TPSA) is 55.9 Å². The molecule has 0 saturated carbocycles. The lowest BCUT2D eigenvalue weighted by atomic mass is 10.0. The molecule has 21 heavy (non-hydrogen) atoms. The summed E-state index contributed by atoms with van der Waals surface area (Å²) in [6, 6.07) is 11.1. The molecule has 0 aliphatic rings. The van der Waals surface area contributed by atoms with Crippen LogP contribution in [-0.2, 0) is 6.42 Å². The average molecular weight is 286 g/mol. The van der Waals surface area contributed by atoms with Crippen LogP contribution < -0.4 is 11.3 Å². The van der Waals surface area contributed by atoms with Gasteiger partial charge in [-0.15, -0.1) is 0 Å². The molecule has 0 fully saturated rings. The van der Waals surface area contributed by atoms with Crippen molar-refractivity contribution < 1.29 is 0 Å². The lowest BCUT2D eigenvalue weighted by Gasteiger charge is -2.16. The monoisotopic (exact) mass is 286 g/mol. The van der Waals surface area contributed by atoms with Crippen LogP contribution >= 0.6 is 0 Å². The van der Waals surface area contributed by atoms with Crippen molar-refractivity contribution in [1.29, 1.82) is 0 Å². The van der Waals surface area contributed by atoms with E-state index < -0.39 is 0 Å². The summed E-state index contributed by atoms with van der Waals surface area (Å²) in [6.45, 7) is 6.50. The minimum Gasteiger partial charge on any atom is -0.271 e. The Hall–Kier alpha value is -1.65. The number of hydrazine groups is 1. The molecule has 1 atom stereocenters. The second-order valence-corrected chi connectivity index (χ2v) is 5.59. The first-order valence-electron chi connectivity index (χ1n) is 7.74. The van der Waals surface area contributed by atoms with E-state index in [2.05, 4.69) is 67.4 Å². The SMILES string of the molecule is CCC(CC)n1ccc(CC(NN)c2cccc(C)c2)n1. The summed E-state index contributed by atoms with van der Waals surface area (Å²) in [7, 11) is 0. The van der Waals surface area contributed by atoms with Crippen molar-refractivity contribution in [2.75, 3.05) is 0 Å². The lowest BCUT2D eigenvalue weighted by Crippen LogP contribution is -2.29. The Bertz CT molecular complexity index is 557. The van der Waals surface area contributed by atoms with Crippen LogP contribution in [0.2, 0.25) is 0 Å². The summed E-state index contributed by atoms with van der Waals surface area (Å²) in [6.07, 6.45) is 5.09. The molecule has 1 unspecified atom stereocenters. The Kier molecular flexibility index (Phi) is 5.53. The fraction of sp³-hybridized carbons (Fsp3) is 0.471. The van der Waals surface area contributed by atoms with E-state index in [4.69, 9.17) is 10.9 Å². The highest BCUT2D eigenvalue weighted by Crippen LogP contribution is 2.20. The van der Waals surface area contributed by atoms with Gasteiger partial charge in [-0.2, -0.15) is 5.10 Å². The third kappa shape index (κ3) is 3.93. The second kappa shape index (κ2) is 7.38. The molecule has 0 radical (unpaired) electrons. The second-order valence-electron chi connectivity index (χ2n) is 5.59. The van der Waals surface area contributed by atoms with E-state index in [9.17, 15) is 0 Å². The largest absolute Gasteiger partial charge is 0.271 e. The molecule has 4 heteroatoms. The van der Waals surface area contributed by atoms with E-state index in [0.717, 1.165) is 25.0 Å². The molecule has 1 aromatic heterocycles. The van der Waals surface area contributed by atoms with Crippen LogP contribution in [-0.4, -0.2) is 9.78 Å².